The molecule has 122 valence electrons. The zero-order valence-electron chi connectivity index (χ0n) is 13.4. The average molecular weight is 330 g/mol. The zero-order chi connectivity index (χ0) is 16.0. The van der Waals surface area contributed by atoms with Gasteiger partial charge in [-0.25, -0.2) is 0 Å². The second kappa shape index (κ2) is 5.55. The summed E-state index contributed by atoms with van der Waals surface area (Å²) in [6.07, 6.45) is 5.95. The highest BCUT2D eigenvalue weighted by molar-refractivity contribution is 8.01. The molecular weight excluding hydrogens is 308 g/mol. The number of rotatable bonds is 2. The van der Waals surface area contributed by atoms with Crippen LogP contribution < -0.4 is 5.32 Å². The molecule has 0 spiro atoms. The predicted molar refractivity (Wildman–Crippen MR) is 92.4 cm³/mol. The molecule has 0 bridgehead atoms. The monoisotopic (exact) mass is 330 g/mol. The predicted octanol–water partition coefficient (Wildman–Crippen LogP) is 2.96. The minimum atomic E-state index is -0.334. The van der Waals surface area contributed by atoms with Gasteiger partial charge in [0.25, 0.3) is 0 Å². The van der Waals surface area contributed by atoms with Gasteiger partial charge < -0.3 is 10.2 Å². The molecule has 2 saturated heterocycles. The Bertz CT molecular complexity index is 675. The van der Waals surface area contributed by atoms with E-state index in [0.29, 0.717) is 12.2 Å². The largest absolute Gasteiger partial charge is 0.324 e. The van der Waals surface area contributed by atoms with Crippen molar-refractivity contribution in [2.75, 3.05) is 11.1 Å². The molecule has 1 N–H and O–H groups in total. The average Bonchev–Trinajstić information content (AvgIpc) is 3.04. The molecule has 2 amide bonds. The first-order valence-electron chi connectivity index (χ1n) is 8.46. The number of benzene rings is 1. The summed E-state index contributed by atoms with van der Waals surface area (Å²) in [5.74, 6) is 0.784. The molecule has 0 saturated carbocycles. The molecule has 0 radical (unpaired) electrons. The molecule has 2 heterocycles. The summed E-state index contributed by atoms with van der Waals surface area (Å²) >= 11 is 1.74. The SMILES string of the molecule is CC12CCC(=O)N1C(C(=O)Nc1cccc3c1CCCC3)CS2. The van der Waals surface area contributed by atoms with Crippen LogP contribution in [0.25, 0.3) is 0 Å². The third kappa shape index (κ3) is 2.45. The summed E-state index contributed by atoms with van der Waals surface area (Å²) in [5.41, 5.74) is 3.59. The van der Waals surface area contributed by atoms with Crippen LogP contribution in [0.4, 0.5) is 5.69 Å². The lowest BCUT2D eigenvalue weighted by molar-refractivity contribution is -0.135. The maximum Gasteiger partial charge on any atom is 0.248 e. The molecular formula is C18H22N2O2S. The summed E-state index contributed by atoms with van der Waals surface area (Å²) in [7, 11) is 0. The lowest BCUT2D eigenvalue weighted by atomic mass is 9.90. The Kier molecular flexibility index (Phi) is 3.63. The van der Waals surface area contributed by atoms with Crippen LogP contribution in [-0.2, 0) is 22.4 Å². The molecule has 0 aromatic heterocycles. The van der Waals surface area contributed by atoms with E-state index < -0.39 is 0 Å². The highest BCUT2D eigenvalue weighted by Crippen LogP contribution is 2.47. The normalized spacial score (nSPS) is 29.3. The van der Waals surface area contributed by atoms with Crippen LogP contribution in [0.1, 0.15) is 43.7 Å². The topological polar surface area (TPSA) is 49.4 Å². The number of fused-ring (bicyclic) bond motifs is 2. The Morgan fingerprint density at radius 2 is 2.13 bits per heavy atom. The second-order valence-electron chi connectivity index (χ2n) is 6.91. The van der Waals surface area contributed by atoms with Gasteiger partial charge in [0.05, 0.1) is 4.87 Å². The highest BCUT2D eigenvalue weighted by Gasteiger charge is 2.52. The van der Waals surface area contributed by atoms with Gasteiger partial charge in [0.15, 0.2) is 0 Å². The number of carbonyl (C=O) groups excluding carboxylic acids is 2. The Balaban J connectivity index is 1.56. The third-order valence-corrected chi connectivity index (χ3v) is 6.91. The van der Waals surface area contributed by atoms with E-state index in [4.69, 9.17) is 0 Å². The first-order chi connectivity index (χ1) is 11.1. The van der Waals surface area contributed by atoms with E-state index >= 15 is 0 Å². The van der Waals surface area contributed by atoms with Crippen LogP contribution >= 0.6 is 11.8 Å². The van der Waals surface area contributed by atoms with Crippen LogP contribution in [0.2, 0.25) is 0 Å². The molecule has 1 aromatic carbocycles. The number of nitrogens with zero attached hydrogens (tertiary/aromatic N) is 1. The second-order valence-corrected chi connectivity index (χ2v) is 8.41. The molecule has 5 heteroatoms. The van der Waals surface area contributed by atoms with Crippen LogP contribution in [0, 0.1) is 0 Å². The molecule has 23 heavy (non-hydrogen) atoms. The molecule has 4 nitrogen and oxygen atoms in total. The van der Waals surface area contributed by atoms with Gasteiger partial charge in [-0.1, -0.05) is 12.1 Å². The number of thioether (sulfide) groups is 1. The van der Waals surface area contributed by atoms with Gasteiger partial charge in [0.1, 0.15) is 6.04 Å². The van der Waals surface area contributed by atoms with Crippen molar-refractivity contribution in [3.63, 3.8) is 0 Å². The zero-order valence-corrected chi connectivity index (χ0v) is 14.2. The fourth-order valence-corrected chi connectivity index (χ4v) is 5.56. The number of anilines is 1. The number of hydrogen-bond acceptors (Lipinski definition) is 3. The minimum absolute atomic E-state index is 0.0320. The summed E-state index contributed by atoms with van der Waals surface area (Å²) in [6.45, 7) is 2.08. The van der Waals surface area contributed by atoms with Crippen molar-refractivity contribution in [1.82, 2.24) is 4.90 Å². The summed E-state index contributed by atoms with van der Waals surface area (Å²) < 4.78 is 0. The van der Waals surface area contributed by atoms with Crippen molar-refractivity contribution in [1.29, 1.82) is 0 Å². The highest BCUT2D eigenvalue weighted by atomic mass is 32.2. The van der Waals surface area contributed by atoms with E-state index in [1.165, 1.54) is 24.0 Å². The number of amides is 2. The van der Waals surface area contributed by atoms with Crippen molar-refractivity contribution in [3.05, 3.63) is 29.3 Å². The first-order valence-corrected chi connectivity index (χ1v) is 9.45. The maximum atomic E-state index is 12.8. The number of carbonyl (C=O) groups is 2. The lowest BCUT2D eigenvalue weighted by Gasteiger charge is -2.30. The van der Waals surface area contributed by atoms with E-state index in [2.05, 4.69) is 18.3 Å². The number of nitrogens with one attached hydrogen (secondary N) is 1. The number of aryl methyl sites for hydroxylation is 1. The fraction of sp³-hybridized carbons (Fsp3) is 0.556. The molecule has 1 aliphatic carbocycles. The van der Waals surface area contributed by atoms with Crippen molar-refractivity contribution in [2.24, 2.45) is 0 Å². The number of hydrogen-bond donors (Lipinski definition) is 1. The van der Waals surface area contributed by atoms with Crippen LogP contribution in [0.5, 0.6) is 0 Å². The van der Waals surface area contributed by atoms with E-state index in [1.807, 2.05) is 17.0 Å². The molecule has 2 atom stereocenters. The quantitative estimate of drug-likeness (QED) is 0.907. The van der Waals surface area contributed by atoms with Crippen molar-refractivity contribution in [3.8, 4) is 0 Å². The van der Waals surface area contributed by atoms with E-state index in [-0.39, 0.29) is 22.7 Å². The van der Waals surface area contributed by atoms with Crippen molar-refractivity contribution >= 4 is 29.3 Å². The Morgan fingerprint density at radius 3 is 3.00 bits per heavy atom. The first kappa shape index (κ1) is 15.1. The molecule has 3 aliphatic rings. The Hall–Kier alpha value is -1.49. The van der Waals surface area contributed by atoms with Crippen molar-refractivity contribution < 1.29 is 9.59 Å². The maximum absolute atomic E-state index is 12.8. The fourth-order valence-electron chi connectivity index (χ4n) is 4.13. The summed E-state index contributed by atoms with van der Waals surface area (Å²) in [4.78, 5) is 26.6. The van der Waals surface area contributed by atoms with E-state index in [1.54, 1.807) is 11.8 Å². The molecule has 2 fully saturated rings. The lowest BCUT2D eigenvalue weighted by Crippen LogP contribution is -2.48. The van der Waals surface area contributed by atoms with Crippen LogP contribution in [0.3, 0.4) is 0 Å². The van der Waals surface area contributed by atoms with Crippen LogP contribution in [-0.4, -0.2) is 33.4 Å². The Morgan fingerprint density at radius 1 is 1.30 bits per heavy atom. The minimum Gasteiger partial charge on any atom is -0.324 e. The summed E-state index contributed by atoms with van der Waals surface area (Å²) in [5, 5.41) is 3.12. The van der Waals surface area contributed by atoms with Gasteiger partial charge >= 0.3 is 0 Å². The van der Waals surface area contributed by atoms with Gasteiger partial charge in [-0.05, 0) is 56.2 Å². The molecule has 2 unspecified atom stereocenters. The standard InChI is InChI=1S/C18H22N2O2S/c1-18-10-9-16(21)20(18)15(11-23-18)17(22)19-14-8-4-6-12-5-2-3-7-13(12)14/h4,6,8,15H,2-3,5,7,9-11H2,1H3,(H,19,22). The van der Waals surface area contributed by atoms with Gasteiger partial charge in [-0.3, -0.25) is 9.59 Å². The van der Waals surface area contributed by atoms with Crippen LogP contribution in [0.15, 0.2) is 18.2 Å². The molecule has 4 rings (SSSR count). The van der Waals surface area contributed by atoms with E-state index in [9.17, 15) is 9.59 Å². The molecule has 1 aromatic rings. The smallest absolute Gasteiger partial charge is 0.248 e. The summed E-state index contributed by atoms with van der Waals surface area (Å²) in [6, 6.07) is 5.85. The van der Waals surface area contributed by atoms with Gasteiger partial charge in [-0.15, -0.1) is 11.8 Å². The van der Waals surface area contributed by atoms with Gasteiger partial charge in [0, 0.05) is 17.9 Å². The van der Waals surface area contributed by atoms with Crippen molar-refractivity contribution in [2.45, 2.75) is 56.4 Å². The van der Waals surface area contributed by atoms with Gasteiger partial charge in [-0.2, -0.15) is 0 Å². The molecule has 2 aliphatic heterocycles. The third-order valence-electron chi connectivity index (χ3n) is 5.40. The van der Waals surface area contributed by atoms with Gasteiger partial charge in [0.2, 0.25) is 11.8 Å². The van der Waals surface area contributed by atoms with E-state index in [0.717, 1.165) is 24.9 Å². The Labute approximate surface area is 141 Å².